The fourth-order valence-electron chi connectivity index (χ4n) is 4.21. The molecule has 8 heteroatoms. The lowest BCUT2D eigenvalue weighted by Crippen LogP contribution is -2.30. The molecule has 0 spiro atoms. The molecule has 0 unspecified atom stereocenters. The van der Waals surface area contributed by atoms with Crippen molar-refractivity contribution < 1.29 is 18.7 Å². The molecule has 0 aliphatic carbocycles. The van der Waals surface area contributed by atoms with Gasteiger partial charge in [0.2, 0.25) is 0 Å². The first kappa shape index (κ1) is 28.1. The minimum absolute atomic E-state index is 0.0632. The molecule has 7 nitrogen and oxygen atoms in total. The summed E-state index contributed by atoms with van der Waals surface area (Å²) in [5.74, 6) is -0.811. The maximum atomic E-state index is 13.3. The number of ether oxygens (including phenoxy) is 1. The third-order valence-corrected chi connectivity index (χ3v) is 7.09. The van der Waals surface area contributed by atoms with Gasteiger partial charge in [-0.2, -0.15) is 5.26 Å². The van der Waals surface area contributed by atoms with Gasteiger partial charge in [0.1, 0.15) is 5.76 Å². The van der Waals surface area contributed by atoms with Crippen LogP contribution >= 0.6 is 11.8 Å². The number of anilines is 1. The molecule has 1 aromatic carbocycles. The number of hydrogen-bond acceptors (Lipinski definition) is 7. The fraction of sp³-hybridized carbons (Fsp3) is 0.414. The van der Waals surface area contributed by atoms with Crippen molar-refractivity contribution in [1.82, 2.24) is 5.32 Å². The standard InChI is InChI=1S/C29H35N3O4S/c1-3-4-5-6-7-8-12-17-36-25(33)20-37-29-23(19-30)27(24-16-13-18-35-24)26(21(2)31-29)28(34)32-22-14-10-9-11-15-22/h9-11,13-16,18,27,31H,3-8,12,17,20H2,1-2H3,(H,32,34)/t27-/m0/s1. The second-order valence-corrected chi connectivity index (χ2v) is 9.90. The summed E-state index contributed by atoms with van der Waals surface area (Å²) in [6.45, 7) is 4.39. The van der Waals surface area contributed by atoms with Crippen molar-refractivity contribution in [2.24, 2.45) is 0 Å². The number of furan rings is 1. The van der Waals surface area contributed by atoms with E-state index in [1.807, 2.05) is 18.2 Å². The topological polar surface area (TPSA) is 104 Å². The van der Waals surface area contributed by atoms with Crippen LogP contribution in [-0.2, 0) is 14.3 Å². The second kappa shape index (κ2) is 15.0. The highest BCUT2D eigenvalue weighted by molar-refractivity contribution is 8.03. The Balaban J connectivity index is 1.64. The first-order valence-electron chi connectivity index (χ1n) is 12.8. The van der Waals surface area contributed by atoms with Crippen molar-refractivity contribution >= 4 is 29.3 Å². The molecule has 0 fully saturated rings. The molecular weight excluding hydrogens is 486 g/mol. The van der Waals surface area contributed by atoms with Crippen molar-refractivity contribution in [3.8, 4) is 6.07 Å². The summed E-state index contributed by atoms with van der Waals surface area (Å²) in [7, 11) is 0. The van der Waals surface area contributed by atoms with Crippen molar-refractivity contribution in [3.05, 3.63) is 76.4 Å². The van der Waals surface area contributed by atoms with Crippen LogP contribution in [0.2, 0.25) is 0 Å². The molecule has 2 heterocycles. The smallest absolute Gasteiger partial charge is 0.316 e. The van der Waals surface area contributed by atoms with E-state index < -0.39 is 5.92 Å². The monoisotopic (exact) mass is 521 g/mol. The van der Waals surface area contributed by atoms with Gasteiger partial charge in [-0.3, -0.25) is 9.59 Å². The van der Waals surface area contributed by atoms with Gasteiger partial charge in [-0.15, -0.1) is 0 Å². The van der Waals surface area contributed by atoms with E-state index in [2.05, 4.69) is 23.6 Å². The molecule has 0 saturated heterocycles. The summed E-state index contributed by atoms with van der Waals surface area (Å²) in [6, 6.07) is 14.8. The summed E-state index contributed by atoms with van der Waals surface area (Å²) in [6.07, 6.45) is 9.58. The summed E-state index contributed by atoms with van der Waals surface area (Å²) in [5.41, 5.74) is 1.95. The molecule has 2 aromatic rings. The van der Waals surface area contributed by atoms with Crippen LogP contribution in [0.1, 0.15) is 70.5 Å². The molecule has 1 atom stereocenters. The number of para-hydroxylation sites is 1. The zero-order valence-corrected chi connectivity index (χ0v) is 22.4. The molecule has 2 N–H and O–H groups in total. The third-order valence-electron chi connectivity index (χ3n) is 6.10. The number of dihydropyridines is 1. The lowest BCUT2D eigenvalue weighted by molar-refractivity contribution is -0.140. The van der Waals surface area contributed by atoms with E-state index in [0.29, 0.717) is 39.9 Å². The highest BCUT2D eigenvalue weighted by Gasteiger charge is 2.36. The second-order valence-electron chi connectivity index (χ2n) is 8.92. The average Bonchev–Trinajstić information content (AvgIpc) is 3.44. The zero-order valence-electron chi connectivity index (χ0n) is 21.5. The van der Waals surface area contributed by atoms with Gasteiger partial charge in [-0.1, -0.05) is 75.4 Å². The number of nitrogens with zero attached hydrogens (tertiary/aromatic N) is 1. The van der Waals surface area contributed by atoms with E-state index >= 15 is 0 Å². The minimum Gasteiger partial charge on any atom is -0.468 e. The number of carbonyl (C=O) groups is 2. The normalized spacial score (nSPS) is 15.2. The molecule has 37 heavy (non-hydrogen) atoms. The number of thioether (sulfide) groups is 1. The van der Waals surface area contributed by atoms with E-state index in [4.69, 9.17) is 9.15 Å². The molecule has 0 bridgehead atoms. The Morgan fingerprint density at radius 1 is 1.08 bits per heavy atom. The highest BCUT2D eigenvalue weighted by Crippen LogP contribution is 2.41. The van der Waals surface area contributed by atoms with Gasteiger partial charge in [0.15, 0.2) is 0 Å². The molecule has 0 saturated carbocycles. The lowest BCUT2D eigenvalue weighted by Gasteiger charge is -2.28. The third kappa shape index (κ3) is 8.29. The van der Waals surface area contributed by atoms with Crippen molar-refractivity contribution in [1.29, 1.82) is 5.26 Å². The Kier molecular flexibility index (Phi) is 11.4. The average molecular weight is 522 g/mol. The summed E-state index contributed by atoms with van der Waals surface area (Å²) >= 11 is 1.20. The van der Waals surface area contributed by atoms with Crippen LogP contribution in [0.3, 0.4) is 0 Å². The zero-order chi connectivity index (χ0) is 26.5. The number of nitriles is 1. The van der Waals surface area contributed by atoms with Crippen LogP contribution in [0.25, 0.3) is 0 Å². The Labute approximate surface area is 223 Å². The summed E-state index contributed by atoms with van der Waals surface area (Å²) in [5, 5.41) is 16.7. The van der Waals surface area contributed by atoms with E-state index in [1.165, 1.54) is 43.7 Å². The highest BCUT2D eigenvalue weighted by atomic mass is 32.2. The van der Waals surface area contributed by atoms with Gasteiger partial charge in [-0.05, 0) is 37.6 Å². The Morgan fingerprint density at radius 3 is 2.49 bits per heavy atom. The van der Waals surface area contributed by atoms with Crippen LogP contribution in [0.5, 0.6) is 0 Å². The predicted octanol–water partition coefficient (Wildman–Crippen LogP) is 6.64. The van der Waals surface area contributed by atoms with Crippen molar-refractivity contribution in [2.75, 3.05) is 17.7 Å². The number of hydrogen-bond donors (Lipinski definition) is 2. The predicted molar refractivity (Wildman–Crippen MR) is 146 cm³/mol. The van der Waals surface area contributed by atoms with Gasteiger partial charge >= 0.3 is 5.97 Å². The molecule has 196 valence electrons. The van der Waals surface area contributed by atoms with Crippen LogP contribution < -0.4 is 10.6 Å². The van der Waals surface area contributed by atoms with E-state index in [1.54, 1.807) is 31.2 Å². The lowest BCUT2D eigenvalue weighted by atomic mass is 9.85. The van der Waals surface area contributed by atoms with Gasteiger partial charge in [0.25, 0.3) is 5.91 Å². The van der Waals surface area contributed by atoms with Crippen LogP contribution in [0.15, 0.2) is 75.0 Å². The van der Waals surface area contributed by atoms with Gasteiger partial charge in [-0.25, -0.2) is 0 Å². The van der Waals surface area contributed by atoms with Gasteiger partial charge in [0, 0.05) is 11.4 Å². The Morgan fingerprint density at radius 2 is 1.81 bits per heavy atom. The number of unbranched alkanes of at least 4 members (excludes halogenated alkanes) is 6. The molecule has 3 rings (SSSR count). The first-order valence-corrected chi connectivity index (χ1v) is 13.8. The SMILES string of the molecule is CCCCCCCCCOC(=O)CSC1=C(C#N)[C@@H](c2ccco2)C(C(=O)Nc2ccccc2)=C(C)N1. The fourth-order valence-corrected chi connectivity index (χ4v) is 5.10. The number of carbonyl (C=O) groups excluding carboxylic acids is 2. The van der Waals surface area contributed by atoms with Crippen molar-refractivity contribution in [3.63, 3.8) is 0 Å². The maximum Gasteiger partial charge on any atom is 0.316 e. The maximum absolute atomic E-state index is 13.3. The number of rotatable bonds is 14. The van der Waals surface area contributed by atoms with Crippen LogP contribution in [-0.4, -0.2) is 24.2 Å². The Bertz CT molecular complexity index is 1130. The molecule has 1 aliphatic rings. The van der Waals surface area contributed by atoms with Crippen LogP contribution in [0, 0.1) is 11.3 Å². The largest absolute Gasteiger partial charge is 0.468 e. The van der Waals surface area contributed by atoms with Gasteiger partial charge in [0.05, 0.1) is 46.8 Å². The number of allylic oxidation sites excluding steroid dienone is 2. The summed E-state index contributed by atoms with van der Waals surface area (Å²) in [4.78, 5) is 25.7. The number of benzene rings is 1. The van der Waals surface area contributed by atoms with E-state index in [9.17, 15) is 14.9 Å². The Hall–Kier alpha value is -3.44. The van der Waals surface area contributed by atoms with E-state index in [-0.39, 0.29) is 17.6 Å². The van der Waals surface area contributed by atoms with Crippen molar-refractivity contribution in [2.45, 2.75) is 64.7 Å². The molecule has 0 radical (unpaired) electrons. The number of amides is 1. The quantitative estimate of drug-likeness (QED) is 0.212. The number of nitrogens with one attached hydrogen (secondary N) is 2. The minimum atomic E-state index is -0.698. The number of esters is 1. The first-order chi connectivity index (χ1) is 18.0. The van der Waals surface area contributed by atoms with E-state index in [0.717, 1.165) is 19.3 Å². The molecule has 1 amide bonds. The van der Waals surface area contributed by atoms with Crippen LogP contribution in [0.4, 0.5) is 5.69 Å². The summed E-state index contributed by atoms with van der Waals surface area (Å²) < 4.78 is 11.0. The molecular formula is C29H35N3O4S. The van der Waals surface area contributed by atoms with Gasteiger partial charge < -0.3 is 19.8 Å². The molecule has 1 aromatic heterocycles. The molecule has 1 aliphatic heterocycles.